The van der Waals surface area contributed by atoms with Gasteiger partial charge in [0, 0.05) is 45.3 Å². The molecule has 0 radical (unpaired) electrons. The van der Waals surface area contributed by atoms with Gasteiger partial charge in [-0.05, 0) is 43.8 Å². The third-order valence-electron chi connectivity index (χ3n) is 4.74. The molecule has 5 nitrogen and oxygen atoms in total. The second kappa shape index (κ2) is 7.85. The van der Waals surface area contributed by atoms with Gasteiger partial charge in [-0.1, -0.05) is 12.1 Å². The van der Waals surface area contributed by atoms with E-state index in [-0.39, 0.29) is 5.91 Å². The van der Waals surface area contributed by atoms with E-state index < -0.39 is 0 Å². The second-order valence-corrected chi connectivity index (χ2v) is 6.95. The Morgan fingerprint density at radius 1 is 1.08 bits per heavy atom. The fourth-order valence-electron chi connectivity index (χ4n) is 3.11. The van der Waals surface area contributed by atoms with Gasteiger partial charge in [0.1, 0.15) is 11.5 Å². The molecule has 1 aromatic carbocycles. The van der Waals surface area contributed by atoms with Gasteiger partial charge >= 0.3 is 0 Å². The largest absolute Gasteiger partial charge is 0.464 e. The minimum Gasteiger partial charge on any atom is -0.464 e. The van der Waals surface area contributed by atoms with Gasteiger partial charge in [0.05, 0.1) is 6.54 Å². The van der Waals surface area contributed by atoms with Crippen LogP contribution in [0.1, 0.15) is 27.4 Å². The van der Waals surface area contributed by atoms with Crippen molar-refractivity contribution >= 4 is 5.91 Å². The van der Waals surface area contributed by atoms with Crippen molar-refractivity contribution in [2.75, 3.05) is 40.3 Å². The molecule has 0 spiro atoms. The third kappa shape index (κ3) is 4.71. The van der Waals surface area contributed by atoms with E-state index in [1.54, 1.807) is 11.9 Å². The summed E-state index contributed by atoms with van der Waals surface area (Å²) in [5, 5.41) is 0. The summed E-state index contributed by atoms with van der Waals surface area (Å²) in [5.41, 5.74) is 1.97. The Balaban J connectivity index is 1.56. The van der Waals surface area contributed by atoms with Gasteiger partial charge in [-0.15, -0.1) is 0 Å². The summed E-state index contributed by atoms with van der Waals surface area (Å²) in [5.74, 6) is 1.68. The molecule has 25 heavy (non-hydrogen) atoms. The predicted molar refractivity (Wildman–Crippen MR) is 98.5 cm³/mol. The van der Waals surface area contributed by atoms with Crippen LogP contribution in [-0.2, 0) is 13.1 Å². The minimum atomic E-state index is 0.0141. The molecule has 1 fully saturated rings. The Morgan fingerprint density at radius 2 is 1.76 bits per heavy atom. The van der Waals surface area contributed by atoms with Crippen molar-refractivity contribution in [2.24, 2.45) is 0 Å². The van der Waals surface area contributed by atoms with Crippen molar-refractivity contribution in [2.45, 2.75) is 20.0 Å². The maximum atomic E-state index is 12.6. The van der Waals surface area contributed by atoms with Gasteiger partial charge in [-0.3, -0.25) is 9.69 Å². The number of rotatable bonds is 5. The van der Waals surface area contributed by atoms with Crippen molar-refractivity contribution in [3.8, 4) is 0 Å². The van der Waals surface area contributed by atoms with E-state index in [1.807, 2.05) is 31.2 Å². The number of hydrogen-bond acceptors (Lipinski definition) is 4. The number of carbonyl (C=O) groups is 1. The summed E-state index contributed by atoms with van der Waals surface area (Å²) in [4.78, 5) is 19.1. The number of amides is 1. The van der Waals surface area contributed by atoms with Crippen LogP contribution in [0.2, 0.25) is 0 Å². The zero-order valence-electron chi connectivity index (χ0n) is 15.4. The average Bonchev–Trinajstić information content (AvgIpc) is 3.02. The lowest BCUT2D eigenvalue weighted by molar-refractivity contribution is 0.0775. The molecule has 5 heteroatoms. The summed E-state index contributed by atoms with van der Waals surface area (Å²) >= 11 is 0. The lowest BCUT2D eigenvalue weighted by Gasteiger charge is -2.32. The molecular weight excluding hydrogens is 314 g/mol. The lowest BCUT2D eigenvalue weighted by atomic mass is 10.1. The molecule has 1 aliphatic rings. The van der Waals surface area contributed by atoms with Crippen LogP contribution in [0.5, 0.6) is 0 Å². The second-order valence-electron chi connectivity index (χ2n) is 6.95. The van der Waals surface area contributed by atoms with Crippen LogP contribution in [0.15, 0.2) is 40.8 Å². The summed E-state index contributed by atoms with van der Waals surface area (Å²) in [6, 6.07) is 11.8. The van der Waals surface area contributed by atoms with E-state index in [9.17, 15) is 4.79 Å². The normalized spacial score (nSPS) is 16.1. The highest BCUT2D eigenvalue weighted by Gasteiger charge is 2.16. The van der Waals surface area contributed by atoms with Crippen LogP contribution in [0.4, 0.5) is 0 Å². The van der Waals surface area contributed by atoms with Gasteiger partial charge < -0.3 is 14.2 Å². The number of aryl methyl sites for hydroxylation is 1. The smallest absolute Gasteiger partial charge is 0.254 e. The highest BCUT2D eigenvalue weighted by Crippen LogP contribution is 2.13. The zero-order valence-corrected chi connectivity index (χ0v) is 15.4. The Hall–Kier alpha value is -2.11. The standard InChI is InChI=1S/C20H27N3O2/c1-16-4-9-19(25-16)15-22(3)20(24)18-7-5-17(6-8-18)14-23-12-10-21(2)11-13-23/h4-9H,10-15H2,1-3H3. The summed E-state index contributed by atoms with van der Waals surface area (Å²) in [6.45, 7) is 7.77. The molecule has 2 heterocycles. The average molecular weight is 341 g/mol. The molecule has 1 amide bonds. The van der Waals surface area contributed by atoms with E-state index >= 15 is 0 Å². The first kappa shape index (κ1) is 17.7. The summed E-state index contributed by atoms with van der Waals surface area (Å²) in [7, 11) is 3.97. The minimum absolute atomic E-state index is 0.0141. The summed E-state index contributed by atoms with van der Waals surface area (Å²) < 4.78 is 5.55. The first-order valence-corrected chi connectivity index (χ1v) is 8.82. The number of furan rings is 1. The summed E-state index contributed by atoms with van der Waals surface area (Å²) in [6.07, 6.45) is 0. The van der Waals surface area contributed by atoms with Crippen molar-refractivity contribution in [1.82, 2.24) is 14.7 Å². The molecule has 3 rings (SSSR count). The van der Waals surface area contributed by atoms with Gasteiger partial charge in [-0.2, -0.15) is 0 Å². The first-order chi connectivity index (χ1) is 12.0. The van der Waals surface area contributed by atoms with Crippen LogP contribution < -0.4 is 0 Å². The van der Waals surface area contributed by atoms with Crippen molar-refractivity contribution in [3.05, 3.63) is 59.0 Å². The molecule has 134 valence electrons. The Bertz CT molecular complexity index is 700. The van der Waals surface area contributed by atoms with Gasteiger partial charge in [0.25, 0.3) is 5.91 Å². The van der Waals surface area contributed by atoms with Crippen LogP contribution in [0.25, 0.3) is 0 Å². The van der Waals surface area contributed by atoms with Crippen LogP contribution in [-0.4, -0.2) is 60.9 Å². The molecule has 2 aromatic rings. The van der Waals surface area contributed by atoms with E-state index in [0.29, 0.717) is 12.1 Å². The number of nitrogens with zero attached hydrogens (tertiary/aromatic N) is 3. The molecule has 0 aliphatic carbocycles. The van der Waals surface area contributed by atoms with Gasteiger partial charge in [0.2, 0.25) is 0 Å². The maximum absolute atomic E-state index is 12.6. The maximum Gasteiger partial charge on any atom is 0.254 e. The highest BCUT2D eigenvalue weighted by atomic mass is 16.3. The predicted octanol–water partition coefficient (Wildman–Crippen LogP) is 2.61. The van der Waals surface area contributed by atoms with Crippen molar-refractivity contribution in [1.29, 1.82) is 0 Å². The van der Waals surface area contributed by atoms with E-state index in [0.717, 1.165) is 44.2 Å². The Kier molecular flexibility index (Phi) is 5.56. The van der Waals surface area contributed by atoms with Crippen molar-refractivity contribution in [3.63, 3.8) is 0 Å². The first-order valence-electron chi connectivity index (χ1n) is 8.82. The quantitative estimate of drug-likeness (QED) is 0.838. The Labute approximate surface area is 149 Å². The number of hydrogen-bond donors (Lipinski definition) is 0. The van der Waals surface area contributed by atoms with Gasteiger partial charge in [-0.25, -0.2) is 0 Å². The van der Waals surface area contributed by atoms with Crippen molar-refractivity contribution < 1.29 is 9.21 Å². The third-order valence-corrected chi connectivity index (χ3v) is 4.74. The van der Waals surface area contributed by atoms with E-state index in [1.165, 1.54) is 5.56 Å². The van der Waals surface area contributed by atoms with Crippen LogP contribution in [0.3, 0.4) is 0 Å². The van der Waals surface area contributed by atoms with E-state index in [4.69, 9.17) is 4.42 Å². The molecule has 1 aromatic heterocycles. The molecule has 0 N–H and O–H groups in total. The SMILES string of the molecule is Cc1ccc(CN(C)C(=O)c2ccc(CN3CCN(C)CC3)cc2)o1. The number of piperazine rings is 1. The van der Waals surface area contributed by atoms with Crippen LogP contribution >= 0.6 is 0 Å². The number of likely N-dealkylation sites (N-methyl/N-ethyl adjacent to an activating group) is 1. The topological polar surface area (TPSA) is 39.9 Å². The monoisotopic (exact) mass is 341 g/mol. The van der Waals surface area contributed by atoms with Gasteiger partial charge in [0.15, 0.2) is 0 Å². The molecule has 0 bridgehead atoms. The molecule has 1 aliphatic heterocycles. The number of carbonyl (C=O) groups excluding carboxylic acids is 1. The fourth-order valence-corrected chi connectivity index (χ4v) is 3.11. The molecule has 0 saturated carbocycles. The number of benzene rings is 1. The van der Waals surface area contributed by atoms with E-state index in [2.05, 4.69) is 29.0 Å². The molecule has 0 atom stereocenters. The van der Waals surface area contributed by atoms with Crippen LogP contribution in [0, 0.1) is 6.92 Å². The molecule has 0 unspecified atom stereocenters. The Morgan fingerprint density at radius 3 is 2.36 bits per heavy atom. The lowest BCUT2D eigenvalue weighted by Crippen LogP contribution is -2.43. The molecule has 1 saturated heterocycles. The fraction of sp³-hybridized carbons (Fsp3) is 0.450. The highest BCUT2D eigenvalue weighted by molar-refractivity contribution is 5.94. The molecular formula is C20H27N3O2. The zero-order chi connectivity index (χ0) is 17.8.